The van der Waals surface area contributed by atoms with Crippen LogP contribution in [-0.4, -0.2) is 29.3 Å². The first-order valence-corrected chi connectivity index (χ1v) is 8.45. The number of hydrogen-bond acceptors (Lipinski definition) is 2. The van der Waals surface area contributed by atoms with Crippen LogP contribution in [0.1, 0.15) is 52.4 Å². The number of alkyl halides is 1. The molecule has 118 valence electrons. The van der Waals surface area contributed by atoms with E-state index in [1.807, 2.05) is 13.8 Å². The summed E-state index contributed by atoms with van der Waals surface area (Å²) in [5, 5.41) is 5.65. The summed E-state index contributed by atoms with van der Waals surface area (Å²) in [6, 6.07) is 0.0973. The van der Waals surface area contributed by atoms with Gasteiger partial charge in [-0.05, 0) is 64.2 Å². The number of rotatable bonds is 4. The summed E-state index contributed by atoms with van der Waals surface area (Å²) in [7, 11) is 0. The van der Waals surface area contributed by atoms with Gasteiger partial charge in [-0.1, -0.05) is 0 Å². The van der Waals surface area contributed by atoms with Crippen LogP contribution in [0.15, 0.2) is 0 Å². The molecule has 0 aromatic rings. The zero-order chi connectivity index (χ0) is 15.3. The molecule has 4 rings (SSSR count). The van der Waals surface area contributed by atoms with Crippen molar-refractivity contribution in [3.05, 3.63) is 0 Å². The lowest BCUT2D eigenvalue weighted by Gasteiger charge is -2.59. The molecule has 21 heavy (non-hydrogen) atoms. The van der Waals surface area contributed by atoms with Gasteiger partial charge in [0.15, 0.2) is 0 Å². The Labute approximate surface area is 131 Å². The third-order valence-corrected chi connectivity index (χ3v) is 5.77. The van der Waals surface area contributed by atoms with Crippen LogP contribution in [0.4, 0.5) is 0 Å². The molecule has 2 amide bonds. The van der Waals surface area contributed by atoms with E-state index in [1.165, 1.54) is 6.42 Å². The van der Waals surface area contributed by atoms with E-state index in [0.29, 0.717) is 11.8 Å². The Morgan fingerprint density at radius 2 is 1.81 bits per heavy atom. The van der Waals surface area contributed by atoms with Crippen molar-refractivity contribution in [2.75, 3.05) is 6.54 Å². The van der Waals surface area contributed by atoms with Gasteiger partial charge in [0.2, 0.25) is 11.8 Å². The van der Waals surface area contributed by atoms with Crippen LogP contribution in [0.25, 0.3) is 0 Å². The highest BCUT2D eigenvalue weighted by molar-refractivity contribution is 6.24. The highest BCUT2D eigenvalue weighted by Gasteiger charge is 2.59. The second-order valence-corrected chi connectivity index (χ2v) is 8.60. The van der Waals surface area contributed by atoms with E-state index >= 15 is 0 Å². The minimum Gasteiger partial charge on any atom is -0.352 e. The molecule has 4 saturated carbocycles. The van der Waals surface area contributed by atoms with Gasteiger partial charge in [0, 0.05) is 10.9 Å². The summed E-state index contributed by atoms with van der Waals surface area (Å²) in [4.78, 5) is 24.2. The van der Waals surface area contributed by atoms with Crippen molar-refractivity contribution in [1.82, 2.24) is 10.6 Å². The van der Waals surface area contributed by atoms with E-state index in [2.05, 4.69) is 10.6 Å². The number of carbonyl (C=O) groups is 2. The third kappa shape index (κ3) is 2.92. The maximum Gasteiger partial charge on any atom is 0.239 e. The van der Waals surface area contributed by atoms with Crippen molar-refractivity contribution >= 4 is 23.4 Å². The second-order valence-electron chi connectivity index (χ2n) is 7.80. The van der Waals surface area contributed by atoms with E-state index in [4.69, 9.17) is 11.6 Å². The van der Waals surface area contributed by atoms with Gasteiger partial charge in [-0.3, -0.25) is 9.59 Å². The fraction of sp³-hybridized carbons (Fsp3) is 0.875. The van der Waals surface area contributed by atoms with Crippen LogP contribution in [-0.2, 0) is 9.59 Å². The zero-order valence-corrected chi connectivity index (χ0v) is 13.6. The van der Waals surface area contributed by atoms with Crippen molar-refractivity contribution < 1.29 is 9.59 Å². The zero-order valence-electron chi connectivity index (χ0n) is 12.9. The SMILES string of the molecule is CC(C)NC(=O)CNC(=O)C12C[C@@H]3C[C@H](CC(Cl)(C3)C1)C2. The summed E-state index contributed by atoms with van der Waals surface area (Å²) < 4.78 is 0. The van der Waals surface area contributed by atoms with Gasteiger partial charge in [-0.25, -0.2) is 0 Å². The second kappa shape index (κ2) is 5.15. The van der Waals surface area contributed by atoms with Crippen molar-refractivity contribution in [3.63, 3.8) is 0 Å². The lowest BCUT2D eigenvalue weighted by atomic mass is 9.49. The molecule has 4 nitrogen and oxygen atoms in total. The number of hydrogen-bond donors (Lipinski definition) is 2. The Balaban J connectivity index is 1.63. The first-order valence-electron chi connectivity index (χ1n) is 8.07. The molecule has 2 atom stereocenters. The van der Waals surface area contributed by atoms with Gasteiger partial charge in [-0.2, -0.15) is 0 Å². The summed E-state index contributed by atoms with van der Waals surface area (Å²) in [5.41, 5.74) is -0.316. The van der Waals surface area contributed by atoms with Gasteiger partial charge in [0.25, 0.3) is 0 Å². The average Bonchev–Trinajstić information content (AvgIpc) is 2.31. The predicted molar refractivity (Wildman–Crippen MR) is 82.0 cm³/mol. The highest BCUT2D eigenvalue weighted by atomic mass is 35.5. The lowest BCUT2D eigenvalue weighted by Crippen LogP contribution is -2.59. The topological polar surface area (TPSA) is 58.2 Å². The largest absolute Gasteiger partial charge is 0.352 e. The summed E-state index contributed by atoms with van der Waals surface area (Å²) in [6.07, 6.45) is 6.05. The fourth-order valence-corrected chi connectivity index (χ4v) is 5.83. The number of nitrogens with one attached hydrogen (secondary N) is 2. The minimum atomic E-state index is -0.316. The van der Waals surface area contributed by atoms with Crippen LogP contribution in [0, 0.1) is 17.3 Å². The van der Waals surface area contributed by atoms with E-state index in [9.17, 15) is 9.59 Å². The Kier molecular flexibility index (Phi) is 3.71. The molecule has 0 spiro atoms. The molecule has 0 unspecified atom stereocenters. The van der Waals surface area contributed by atoms with Gasteiger partial charge in [0.05, 0.1) is 12.0 Å². The Bertz CT molecular complexity index is 449. The molecule has 4 bridgehead atoms. The van der Waals surface area contributed by atoms with Crippen LogP contribution in [0.3, 0.4) is 0 Å². The van der Waals surface area contributed by atoms with Gasteiger partial charge in [-0.15, -0.1) is 11.6 Å². The molecule has 4 aliphatic carbocycles. The van der Waals surface area contributed by atoms with Crippen LogP contribution < -0.4 is 10.6 Å². The Morgan fingerprint density at radius 3 is 2.33 bits per heavy atom. The van der Waals surface area contributed by atoms with Crippen molar-refractivity contribution in [2.45, 2.75) is 63.3 Å². The molecular formula is C16H25ClN2O2. The number of amides is 2. The van der Waals surface area contributed by atoms with Crippen LogP contribution >= 0.6 is 11.6 Å². The molecule has 0 radical (unpaired) electrons. The first kappa shape index (κ1) is 15.1. The van der Waals surface area contributed by atoms with Crippen molar-refractivity contribution in [1.29, 1.82) is 0 Å². The molecule has 5 heteroatoms. The van der Waals surface area contributed by atoms with Gasteiger partial charge < -0.3 is 10.6 Å². The van der Waals surface area contributed by atoms with Gasteiger partial charge >= 0.3 is 0 Å². The van der Waals surface area contributed by atoms with Crippen LogP contribution in [0.5, 0.6) is 0 Å². The Hall–Kier alpha value is -0.770. The Morgan fingerprint density at radius 1 is 1.19 bits per heavy atom. The maximum atomic E-state index is 12.7. The molecule has 0 aromatic heterocycles. The standard InChI is InChI=1S/C16H25ClN2O2/c1-10(2)19-13(20)8-18-14(21)15-4-11-3-12(5-15)7-16(17,6-11)9-15/h10-12H,3-9H2,1-2H3,(H,18,21)(H,19,20)/t11-,12-,15?,16?/m0/s1. The average molecular weight is 313 g/mol. The van der Waals surface area contributed by atoms with E-state index < -0.39 is 0 Å². The van der Waals surface area contributed by atoms with E-state index in [1.54, 1.807) is 0 Å². The maximum absolute atomic E-state index is 12.7. The molecular weight excluding hydrogens is 288 g/mol. The number of carbonyl (C=O) groups excluding carboxylic acids is 2. The molecule has 0 saturated heterocycles. The number of halogens is 1. The molecule has 0 heterocycles. The van der Waals surface area contributed by atoms with Crippen LogP contribution in [0.2, 0.25) is 0 Å². The minimum absolute atomic E-state index is 0.0422. The van der Waals surface area contributed by atoms with Crippen molar-refractivity contribution in [3.8, 4) is 0 Å². The summed E-state index contributed by atoms with van der Waals surface area (Å²) >= 11 is 6.74. The van der Waals surface area contributed by atoms with Crippen molar-refractivity contribution in [2.24, 2.45) is 17.3 Å². The molecule has 0 aromatic carbocycles. The highest BCUT2D eigenvalue weighted by Crippen LogP contribution is 2.63. The third-order valence-electron chi connectivity index (χ3n) is 5.33. The van der Waals surface area contributed by atoms with E-state index in [-0.39, 0.29) is 34.7 Å². The molecule has 4 fully saturated rings. The lowest BCUT2D eigenvalue weighted by molar-refractivity contribution is -0.145. The monoisotopic (exact) mass is 312 g/mol. The van der Waals surface area contributed by atoms with E-state index in [0.717, 1.165) is 32.1 Å². The first-order chi connectivity index (χ1) is 9.80. The van der Waals surface area contributed by atoms with Gasteiger partial charge in [0.1, 0.15) is 0 Å². The smallest absolute Gasteiger partial charge is 0.239 e. The molecule has 4 aliphatic rings. The summed E-state index contributed by atoms with van der Waals surface area (Å²) in [5.74, 6) is 1.11. The molecule has 2 N–H and O–H groups in total. The molecule has 0 aliphatic heterocycles. The fourth-order valence-electron chi connectivity index (χ4n) is 5.14. The normalized spacial score (nSPS) is 40.4. The predicted octanol–water partition coefficient (Wildman–Crippen LogP) is 2.20. The quantitative estimate of drug-likeness (QED) is 0.782. The summed E-state index contributed by atoms with van der Waals surface area (Å²) in [6.45, 7) is 3.90.